The topological polar surface area (TPSA) is 316 Å². The smallest absolute Gasteiger partial charge is 0.326 e. The van der Waals surface area contributed by atoms with Crippen LogP contribution in [0.2, 0.25) is 0 Å². The van der Waals surface area contributed by atoms with Crippen molar-refractivity contribution in [2.24, 2.45) is 29.4 Å². The first-order valence-corrected chi connectivity index (χ1v) is 22.5. The van der Waals surface area contributed by atoms with Gasteiger partial charge in [0.05, 0.1) is 12.6 Å². The molecule has 0 spiro atoms. The molecule has 0 bridgehead atoms. The normalized spacial score (nSPS) is 16.3. The quantitative estimate of drug-likeness (QED) is 0.0394. The largest absolute Gasteiger partial charge is 0.480 e. The number of rotatable bonds is 28. The number of carboxylic acids is 1. The number of thiol groups is 1. The van der Waals surface area contributed by atoms with Crippen LogP contribution in [0, 0.1) is 23.7 Å². The van der Waals surface area contributed by atoms with Crippen molar-refractivity contribution in [1.82, 2.24) is 42.5 Å². The molecule has 61 heavy (non-hydrogen) atoms. The van der Waals surface area contributed by atoms with E-state index < -0.39 is 132 Å². The number of nitrogens with two attached hydrogens (primary N) is 1. The SMILES string of the molecule is CC[C@H](C)[C@H](NC(=O)[C@@H](NC(=O)[C@H](C)NC(=O)[C@H](CC(C)C)NC(=O)[C@@H](N)CCSC)C(C)C)C(=O)N[C@@H](CO)C(=O)N[C@@H](CS)C(=O)N[C@@H](C)C(=O)N[C@H](C(=O)O)C(C)C. The van der Waals surface area contributed by atoms with E-state index in [1.54, 1.807) is 41.5 Å². The molecular formula is C39H71N9O11S2. The fraction of sp³-hybridized carbons (Fsp3) is 0.769. The van der Waals surface area contributed by atoms with E-state index in [-0.39, 0.29) is 18.1 Å². The minimum absolute atomic E-state index is 0.00747. The number of hydrogen-bond donors (Lipinski definition) is 12. The van der Waals surface area contributed by atoms with Gasteiger partial charge in [-0.25, -0.2) is 4.79 Å². The summed E-state index contributed by atoms with van der Waals surface area (Å²) in [6.45, 7) is 15.5. The number of thioether (sulfide) groups is 1. The van der Waals surface area contributed by atoms with Crippen LogP contribution in [-0.4, -0.2) is 142 Å². The molecule has 350 valence electrons. The van der Waals surface area contributed by atoms with E-state index in [0.717, 1.165) is 0 Å². The second-order valence-corrected chi connectivity index (χ2v) is 17.5. The van der Waals surface area contributed by atoms with Crippen molar-refractivity contribution in [2.75, 3.05) is 24.4 Å². The Hall–Kier alpha value is -4.15. The van der Waals surface area contributed by atoms with E-state index in [9.17, 15) is 53.4 Å². The molecule has 0 saturated carbocycles. The number of amides is 8. The van der Waals surface area contributed by atoms with E-state index in [1.165, 1.54) is 25.6 Å². The molecule has 0 heterocycles. The zero-order valence-electron chi connectivity index (χ0n) is 37.2. The highest BCUT2D eigenvalue weighted by Gasteiger charge is 2.36. The zero-order valence-corrected chi connectivity index (χ0v) is 39.0. The highest BCUT2D eigenvalue weighted by Crippen LogP contribution is 2.12. The van der Waals surface area contributed by atoms with Gasteiger partial charge in [0.2, 0.25) is 47.3 Å². The molecule has 10 atom stereocenters. The second-order valence-electron chi connectivity index (χ2n) is 16.2. The minimum Gasteiger partial charge on any atom is -0.480 e. The fourth-order valence-corrected chi connectivity index (χ4v) is 6.34. The molecule has 0 saturated heterocycles. The first-order chi connectivity index (χ1) is 28.4. The van der Waals surface area contributed by atoms with Crippen molar-refractivity contribution < 1.29 is 53.4 Å². The maximum atomic E-state index is 13.7. The molecule has 8 amide bonds. The van der Waals surface area contributed by atoms with Crippen molar-refractivity contribution in [3.05, 3.63) is 0 Å². The maximum Gasteiger partial charge on any atom is 0.326 e. The predicted octanol–water partition coefficient (Wildman–Crippen LogP) is -1.60. The number of carbonyl (C=O) groups excluding carboxylic acids is 8. The van der Waals surface area contributed by atoms with E-state index in [4.69, 9.17) is 5.73 Å². The summed E-state index contributed by atoms with van der Waals surface area (Å²) < 4.78 is 0. The summed E-state index contributed by atoms with van der Waals surface area (Å²) in [6, 6.07) is -10.8. The maximum absolute atomic E-state index is 13.7. The van der Waals surface area contributed by atoms with Crippen LogP contribution in [0.3, 0.4) is 0 Å². The van der Waals surface area contributed by atoms with E-state index in [2.05, 4.69) is 55.2 Å². The van der Waals surface area contributed by atoms with Crippen LogP contribution in [0.15, 0.2) is 0 Å². The van der Waals surface area contributed by atoms with Crippen LogP contribution in [0.4, 0.5) is 0 Å². The summed E-state index contributed by atoms with van der Waals surface area (Å²) in [7, 11) is 0. The second kappa shape index (κ2) is 28.5. The number of aliphatic carboxylic acids is 1. The molecule has 0 unspecified atom stereocenters. The van der Waals surface area contributed by atoms with Crippen molar-refractivity contribution in [3.63, 3.8) is 0 Å². The lowest BCUT2D eigenvalue weighted by Crippen LogP contribution is -2.62. The number of nitrogens with one attached hydrogen (secondary N) is 8. The van der Waals surface area contributed by atoms with Gasteiger partial charge in [-0.05, 0) is 62.4 Å². The van der Waals surface area contributed by atoms with Gasteiger partial charge in [-0.3, -0.25) is 38.4 Å². The molecule has 22 heteroatoms. The van der Waals surface area contributed by atoms with Crippen LogP contribution in [0.5, 0.6) is 0 Å². The van der Waals surface area contributed by atoms with Gasteiger partial charge in [-0.2, -0.15) is 24.4 Å². The number of carboxylic acid groups (broad SMARTS) is 1. The molecule has 0 aromatic heterocycles. The molecule has 20 nitrogen and oxygen atoms in total. The number of aliphatic hydroxyl groups is 1. The average molecular weight is 906 g/mol. The Balaban J connectivity index is 5.84. The van der Waals surface area contributed by atoms with Crippen molar-refractivity contribution in [1.29, 1.82) is 0 Å². The molecule has 0 aliphatic heterocycles. The Kier molecular flexibility index (Phi) is 26.5. The molecule has 0 aliphatic carbocycles. The molecule has 12 N–H and O–H groups in total. The van der Waals surface area contributed by atoms with Gasteiger partial charge < -0.3 is 58.5 Å². The lowest BCUT2D eigenvalue weighted by atomic mass is 9.96. The summed E-state index contributed by atoms with van der Waals surface area (Å²) in [5.41, 5.74) is 5.99. The molecule has 0 radical (unpaired) electrons. The van der Waals surface area contributed by atoms with Crippen LogP contribution in [-0.2, 0) is 43.2 Å². The van der Waals surface area contributed by atoms with Crippen molar-refractivity contribution in [2.45, 2.75) is 143 Å². The third-order valence-electron chi connectivity index (χ3n) is 9.72. The summed E-state index contributed by atoms with van der Waals surface area (Å²) >= 11 is 5.64. The third-order valence-corrected chi connectivity index (χ3v) is 10.7. The van der Waals surface area contributed by atoms with E-state index in [1.807, 2.05) is 20.1 Å². The number of hydrogen-bond acceptors (Lipinski definition) is 13. The lowest BCUT2D eigenvalue weighted by Gasteiger charge is -2.30. The van der Waals surface area contributed by atoms with Gasteiger partial charge in [-0.1, -0.05) is 61.8 Å². The zero-order chi connectivity index (χ0) is 47.3. The third kappa shape index (κ3) is 20.1. The summed E-state index contributed by atoms with van der Waals surface area (Å²) in [5, 5.41) is 39.5. The summed E-state index contributed by atoms with van der Waals surface area (Å²) in [6.07, 6.45) is 2.95. The van der Waals surface area contributed by atoms with Crippen LogP contribution < -0.4 is 48.3 Å². The van der Waals surface area contributed by atoms with Crippen LogP contribution in [0.25, 0.3) is 0 Å². The summed E-state index contributed by atoms with van der Waals surface area (Å²) in [5.74, 6) is -8.37. The van der Waals surface area contributed by atoms with Crippen LogP contribution >= 0.6 is 24.4 Å². The average Bonchev–Trinajstić information content (AvgIpc) is 3.18. The highest BCUT2D eigenvalue weighted by atomic mass is 32.2. The molecule has 0 fully saturated rings. The Bertz CT molecular complexity index is 1500. The monoisotopic (exact) mass is 905 g/mol. The molecule has 0 aliphatic rings. The lowest BCUT2D eigenvalue weighted by molar-refractivity contribution is -0.143. The Morgan fingerprint density at radius 2 is 1.00 bits per heavy atom. The molecule has 0 aromatic rings. The highest BCUT2D eigenvalue weighted by molar-refractivity contribution is 7.98. The van der Waals surface area contributed by atoms with Gasteiger partial charge in [0.1, 0.15) is 48.3 Å². The Labute approximate surface area is 369 Å². The van der Waals surface area contributed by atoms with Crippen LogP contribution in [0.1, 0.15) is 88.5 Å². The van der Waals surface area contributed by atoms with Gasteiger partial charge in [0.15, 0.2) is 0 Å². The van der Waals surface area contributed by atoms with E-state index >= 15 is 0 Å². The number of aliphatic hydroxyl groups excluding tert-OH is 1. The molecular weight excluding hydrogens is 835 g/mol. The van der Waals surface area contributed by atoms with Crippen molar-refractivity contribution in [3.8, 4) is 0 Å². The van der Waals surface area contributed by atoms with Gasteiger partial charge >= 0.3 is 5.97 Å². The fourth-order valence-electron chi connectivity index (χ4n) is 5.59. The first-order valence-electron chi connectivity index (χ1n) is 20.5. The predicted molar refractivity (Wildman–Crippen MR) is 235 cm³/mol. The standard InChI is InChI=1S/C39H71N9O11S2/c1-12-21(8)30(38(57)44-26(16-49)35(54)45-27(17-60)36(55)42-23(10)32(51)47-29(20(6)7)39(58)59)48-37(56)28(19(4)5)46-31(50)22(9)41-34(53)25(15-18(2)3)43-33(52)24(40)13-14-61-11/h18-30,49,60H,12-17,40H2,1-11H3,(H,41,53)(H,42,55)(H,43,52)(H,44,57)(H,45,54)(H,46,50)(H,47,51)(H,48,56)(H,58,59)/t21-,22-,23-,24-,25-,26-,27-,28-,29-,30-/m0/s1. The van der Waals surface area contributed by atoms with Crippen molar-refractivity contribution >= 4 is 77.6 Å². The van der Waals surface area contributed by atoms with Gasteiger partial charge in [0.25, 0.3) is 0 Å². The van der Waals surface area contributed by atoms with E-state index in [0.29, 0.717) is 18.6 Å². The van der Waals surface area contributed by atoms with Gasteiger partial charge in [0, 0.05) is 5.75 Å². The number of carbonyl (C=O) groups is 9. The first kappa shape index (κ1) is 56.9. The minimum atomic E-state index is -1.60. The van der Waals surface area contributed by atoms with Gasteiger partial charge in [-0.15, -0.1) is 0 Å². The Morgan fingerprint density at radius 3 is 1.43 bits per heavy atom. The summed E-state index contributed by atoms with van der Waals surface area (Å²) in [4.78, 5) is 117. The molecule has 0 aromatic carbocycles. The molecule has 0 rings (SSSR count). The Morgan fingerprint density at radius 1 is 0.574 bits per heavy atom.